The highest BCUT2D eigenvalue weighted by atomic mass is 79.9. The summed E-state index contributed by atoms with van der Waals surface area (Å²) in [6, 6.07) is 4.88. The first-order valence-corrected chi connectivity index (χ1v) is 9.32. The summed E-state index contributed by atoms with van der Waals surface area (Å²) < 4.78 is 5.74. The third-order valence-electron chi connectivity index (χ3n) is 3.35. The van der Waals surface area contributed by atoms with E-state index in [0.717, 1.165) is 11.3 Å². The Bertz CT molecular complexity index is 863. The summed E-state index contributed by atoms with van der Waals surface area (Å²) in [5.74, 6) is -1.25. The van der Waals surface area contributed by atoms with Gasteiger partial charge in [0.2, 0.25) is 0 Å². The molecule has 1 aromatic heterocycles. The number of nitrogens with one attached hydrogen (secondary N) is 1. The van der Waals surface area contributed by atoms with Crippen LogP contribution in [0.25, 0.3) is 0 Å². The van der Waals surface area contributed by atoms with Crippen LogP contribution in [0.15, 0.2) is 22.7 Å². The predicted molar refractivity (Wildman–Crippen MR) is 102 cm³/mol. The normalized spacial score (nSPS) is 10.4. The second-order valence-electron chi connectivity index (χ2n) is 5.12. The second-order valence-corrected chi connectivity index (χ2v) is 7.46. The van der Waals surface area contributed by atoms with Crippen LogP contribution in [0.3, 0.4) is 0 Å². The van der Waals surface area contributed by atoms with E-state index in [9.17, 15) is 14.4 Å². The number of benzene rings is 1. The Morgan fingerprint density at radius 3 is 2.60 bits per heavy atom. The van der Waals surface area contributed by atoms with Gasteiger partial charge in [-0.15, -0.1) is 11.3 Å². The van der Waals surface area contributed by atoms with Crippen molar-refractivity contribution in [1.29, 1.82) is 0 Å². The molecule has 0 atom stereocenters. The summed E-state index contributed by atoms with van der Waals surface area (Å²) in [6.07, 6.45) is 0. The molecule has 2 aromatic rings. The summed E-state index contributed by atoms with van der Waals surface area (Å²) >= 11 is 10.4. The molecule has 25 heavy (non-hydrogen) atoms. The number of carbonyl (C=O) groups excluding carboxylic acids is 3. The number of rotatable bonds is 5. The van der Waals surface area contributed by atoms with E-state index in [4.69, 9.17) is 16.3 Å². The molecule has 1 heterocycles. The van der Waals surface area contributed by atoms with Crippen molar-refractivity contribution in [2.75, 3.05) is 11.9 Å². The molecule has 8 heteroatoms. The Morgan fingerprint density at radius 1 is 1.32 bits per heavy atom. The number of thiophene rings is 1. The average molecular weight is 445 g/mol. The minimum absolute atomic E-state index is 0.186. The summed E-state index contributed by atoms with van der Waals surface area (Å²) in [4.78, 5) is 37.0. The second kappa shape index (κ2) is 8.12. The van der Waals surface area contributed by atoms with Crippen LogP contribution in [0.4, 0.5) is 5.00 Å². The summed E-state index contributed by atoms with van der Waals surface area (Å²) in [6.45, 7) is 4.94. The zero-order valence-electron chi connectivity index (χ0n) is 13.7. The number of hydrogen-bond acceptors (Lipinski definition) is 5. The maximum Gasteiger partial charge on any atom is 0.341 e. The molecule has 0 fully saturated rings. The first kappa shape index (κ1) is 19.6. The van der Waals surface area contributed by atoms with E-state index in [1.165, 1.54) is 6.92 Å². The average Bonchev–Trinajstić information content (AvgIpc) is 2.86. The standard InChI is InChI=1S/C17H15BrClNO4S/c1-4-24-17(23)13-8(2)14(9(3)21)25-16(13)20-15(22)11-7-10(18)5-6-12(11)19/h5-7H,4H2,1-3H3,(H,20,22). The Morgan fingerprint density at radius 2 is 2.00 bits per heavy atom. The highest BCUT2D eigenvalue weighted by Gasteiger charge is 2.26. The molecule has 5 nitrogen and oxygen atoms in total. The van der Waals surface area contributed by atoms with Crippen LogP contribution in [0.1, 0.15) is 49.8 Å². The first-order valence-electron chi connectivity index (χ1n) is 7.34. The molecule has 0 radical (unpaired) electrons. The van der Waals surface area contributed by atoms with Crippen LogP contribution in [0.2, 0.25) is 5.02 Å². The van der Waals surface area contributed by atoms with Gasteiger partial charge < -0.3 is 10.1 Å². The summed E-state index contributed by atoms with van der Waals surface area (Å²) in [5.41, 5.74) is 0.935. The van der Waals surface area contributed by atoms with Gasteiger partial charge in [-0.05, 0) is 44.5 Å². The largest absolute Gasteiger partial charge is 0.462 e. The van der Waals surface area contributed by atoms with Crippen molar-refractivity contribution >= 4 is 61.5 Å². The molecule has 0 saturated heterocycles. The number of amides is 1. The molecule has 1 N–H and O–H groups in total. The Balaban J connectivity index is 2.46. The molecule has 0 aliphatic carbocycles. The van der Waals surface area contributed by atoms with Crippen LogP contribution in [0, 0.1) is 6.92 Å². The Labute approximate surface area is 162 Å². The van der Waals surface area contributed by atoms with Gasteiger partial charge in [0.1, 0.15) is 5.00 Å². The smallest absolute Gasteiger partial charge is 0.341 e. The zero-order chi connectivity index (χ0) is 18.7. The third-order valence-corrected chi connectivity index (χ3v) is 5.48. The van der Waals surface area contributed by atoms with Gasteiger partial charge in [-0.3, -0.25) is 9.59 Å². The van der Waals surface area contributed by atoms with Gasteiger partial charge in [0.05, 0.1) is 27.6 Å². The van der Waals surface area contributed by atoms with E-state index in [0.29, 0.717) is 14.9 Å². The van der Waals surface area contributed by atoms with Gasteiger partial charge in [0, 0.05) is 4.47 Å². The van der Waals surface area contributed by atoms with Gasteiger partial charge in [0.25, 0.3) is 5.91 Å². The van der Waals surface area contributed by atoms with Crippen molar-refractivity contribution in [3.63, 3.8) is 0 Å². The number of ether oxygens (including phenoxy) is 1. The van der Waals surface area contributed by atoms with E-state index in [1.807, 2.05) is 0 Å². The fraction of sp³-hybridized carbons (Fsp3) is 0.235. The van der Waals surface area contributed by atoms with E-state index in [-0.39, 0.29) is 33.5 Å². The molecular weight excluding hydrogens is 430 g/mol. The van der Waals surface area contributed by atoms with Gasteiger partial charge in [0.15, 0.2) is 5.78 Å². The number of esters is 1. The van der Waals surface area contributed by atoms with Crippen molar-refractivity contribution in [3.8, 4) is 0 Å². The predicted octanol–water partition coefficient (Wildman–Crippen LogP) is 5.10. The van der Waals surface area contributed by atoms with E-state index < -0.39 is 11.9 Å². The lowest BCUT2D eigenvalue weighted by molar-refractivity contribution is 0.0527. The Kier molecular flexibility index (Phi) is 6.37. The molecule has 0 spiro atoms. The molecular formula is C17H15BrClNO4S. The van der Waals surface area contributed by atoms with Crippen LogP contribution >= 0.6 is 38.9 Å². The fourth-order valence-electron chi connectivity index (χ4n) is 2.23. The molecule has 1 amide bonds. The molecule has 0 aliphatic rings. The number of ketones is 1. The zero-order valence-corrected chi connectivity index (χ0v) is 16.9. The molecule has 0 bridgehead atoms. The molecule has 0 unspecified atom stereocenters. The highest BCUT2D eigenvalue weighted by molar-refractivity contribution is 9.10. The van der Waals surface area contributed by atoms with Crippen molar-refractivity contribution in [2.24, 2.45) is 0 Å². The van der Waals surface area contributed by atoms with Gasteiger partial charge in [-0.25, -0.2) is 4.79 Å². The lowest BCUT2D eigenvalue weighted by Gasteiger charge is -2.08. The lowest BCUT2D eigenvalue weighted by Crippen LogP contribution is -2.15. The highest BCUT2D eigenvalue weighted by Crippen LogP contribution is 2.35. The van der Waals surface area contributed by atoms with Crippen molar-refractivity contribution in [1.82, 2.24) is 0 Å². The Hall–Kier alpha value is -1.70. The first-order chi connectivity index (χ1) is 11.8. The monoisotopic (exact) mass is 443 g/mol. The van der Waals surface area contributed by atoms with Crippen molar-refractivity contribution in [3.05, 3.63) is 49.3 Å². The minimum Gasteiger partial charge on any atom is -0.462 e. The van der Waals surface area contributed by atoms with Crippen molar-refractivity contribution in [2.45, 2.75) is 20.8 Å². The van der Waals surface area contributed by atoms with Gasteiger partial charge in [-0.2, -0.15) is 0 Å². The van der Waals surface area contributed by atoms with E-state index >= 15 is 0 Å². The number of hydrogen-bond donors (Lipinski definition) is 1. The SMILES string of the molecule is CCOC(=O)c1c(NC(=O)c2cc(Br)ccc2Cl)sc(C(C)=O)c1C. The van der Waals surface area contributed by atoms with Crippen LogP contribution in [0.5, 0.6) is 0 Å². The van der Waals surface area contributed by atoms with E-state index in [1.54, 1.807) is 32.0 Å². The molecule has 132 valence electrons. The van der Waals surface area contributed by atoms with Crippen LogP contribution in [-0.2, 0) is 4.74 Å². The topological polar surface area (TPSA) is 72.5 Å². The number of carbonyl (C=O) groups is 3. The number of Topliss-reactive ketones (excluding diaryl/α,β-unsaturated/α-hetero) is 1. The van der Waals surface area contributed by atoms with Crippen LogP contribution < -0.4 is 5.32 Å². The maximum atomic E-state index is 12.6. The van der Waals surface area contributed by atoms with Crippen molar-refractivity contribution < 1.29 is 19.1 Å². The van der Waals surface area contributed by atoms with Gasteiger partial charge in [-0.1, -0.05) is 27.5 Å². The molecule has 1 aromatic carbocycles. The number of anilines is 1. The summed E-state index contributed by atoms with van der Waals surface area (Å²) in [5, 5.41) is 3.21. The molecule has 0 aliphatic heterocycles. The quantitative estimate of drug-likeness (QED) is 0.514. The van der Waals surface area contributed by atoms with Gasteiger partial charge >= 0.3 is 5.97 Å². The fourth-order valence-corrected chi connectivity index (χ4v) is 3.88. The minimum atomic E-state index is -0.584. The maximum absolute atomic E-state index is 12.6. The lowest BCUT2D eigenvalue weighted by atomic mass is 10.1. The number of halogens is 2. The summed E-state index contributed by atoms with van der Waals surface area (Å²) in [7, 11) is 0. The molecule has 0 saturated carbocycles. The molecule has 2 rings (SSSR count). The third kappa shape index (κ3) is 4.29. The van der Waals surface area contributed by atoms with Crippen LogP contribution in [-0.4, -0.2) is 24.3 Å². The van der Waals surface area contributed by atoms with E-state index in [2.05, 4.69) is 21.2 Å².